The third-order valence-corrected chi connectivity index (χ3v) is 4.37. The van der Waals surface area contributed by atoms with Gasteiger partial charge in [0.1, 0.15) is 0 Å². The molecular formula is C14H23NOS. The first kappa shape index (κ1) is 13.1. The third-order valence-electron chi connectivity index (χ3n) is 3.64. The van der Waals surface area contributed by atoms with Crippen LogP contribution in [-0.4, -0.2) is 26.3 Å². The van der Waals surface area contributed by atoms with Crippen molar-refractivity contribution in [3.63, 3.8) is 0 Å². The standard InChI is InChI=1S/C14H23NOS/c1-2-6-15-12-14(4-7-16-8-5-14)10-13-3-9-17-11-13/h3,9,11,15H,2,4-8,10,12H2,1H3. The normalized spacial score (nSPS) is 19.4. The Bertz CT molecular complexity index is 304. The van der Waals surface area contributed by atoms with Gasteiger partial charge in [-0.15, -0.1) is 0 Å². The Hall–Kier alpha value is -0.380. The van der Waals surface area contributed by atoms with E-state index in [1.807, 2.05) is 0 Å². The van der Waals surface area contributed by atoms with Crippen LogP contribution in [0.3, 0.4) is 0 Å². The zero-order chi connectivity index (χ0) is 12.0. The fraction of sp³-hybridized carbons (Fsp3) is 0.714. The molecule has 2 heterocycles. The molecule has 17 heavy (non-hydrogen) atoms. The largest absolute Gasteiger partial charge is 0.381 e. The fourth-order valence-corrected chi connectivity index (χ4v) is 3.25. The second-order valence-corrected chi connectivity index (χ2v) is 5.88. The lowest BCUT2D eigenvalue weighted by Crippen LogP contribution is -2.41. The Morgan fingerprint density at radius 2 is 2.24 bits per heavy atom. The van der Waals surface area contributed by atoms with E-state index in [1.165, 1.54) is 31.2 Å². The molecule has 0 radical (unpaired) electrons. The lowest BCUT2D eigenvalue weighted by atomic mass is 9.75. The van der Waals surface area contributed by atoms with Gasteiger partial charge in [-0.1, -0.05) is 6.92 Å². The Kier molecular flexibility index (Phi) is 5.01. The molecule has 1 aromatic heterocycles. The van der Waals surface area contributed by atoms with Crippen LogP contribution in [0.2, 0.25) is 0 Å². The highest BCUT2D eigenvalue weighted by Gasteiger charge is 2.32. The Morgan fingerprint density at radius 3 is 2.88 bits per heavy atom. The predicted octanol–water partition coefficient (Wildman–Crippen LogP) is 3.09. The second-order valence-electron chi connectivity index (χ2n) is 5.10. The molecule has 0 saturated carbocycles. The minimum atomic E-state index is 0.425. The summed E-state index contributed by atoms with van der Waals surface area (Å²) in [6.07, 6.45) is 4.81. The van der Waals surface area contributed by atoms with Gasteiger partial charge in [-0.05, 0) is 60.0 Å². The molecule has 0 spiro atoms. The van der Waals surface area contributed by atoms with Gasteiger partial charge in [-0.2, -0.15) is 11.3 Å². The maximum absolute atomic E-state index is 5.53. The number of thiophene rings is 1. The highest BCUT2D eigenvalue weighted by atomic mass is 32.1. The minimum Gasteiger partial charge on any atom is -0.381 e. The highest BCUT2D eigenvalue weighted by Crippen LogP contribution is 2.34. The molecule has 1 aromatic rings. The quantitative estimate of drug-likeness (QED) is 0.787. The lowest BCUT2D eigenvalue weighted by molar-refractivity contribution is 0.0151. The van der Waals surface area contributed by atoms with Crippen LogP contribution in [0.25, 0.3) is 0 Å². The van der Waals surface area contributed by atoms with Crippen molar-refractivity contribution in [3.05, 3.63) is 22.4 Å². The van der Waals surface area contributed by atoms with Crippen molar-refractivity contribution in [1.82, 2.24) is 5.32 Å². The molecule has 0 amide bonds. The van der Waals surface area contributed by atoms with E-state index in [2.05, 4.69) is 29.1 Å². The minimum absolute atomic E-state index is 0.425. The zero-order valence-electron chi connectivity index (χ0n) is 10.7. The van der Waals surface area contributed by atoms with Crippen molar-refractivity contribution in [2.75, 3.05) is 26.3 Å². The van der Waals surface area contributed by atoms with Crippen LogP contribution < -0.4 is 5.32 Å². The summed E-state index contributed by atoms with van der Waals surface area (Å²) in [5.74, 6) is 0. The van der Waals surface area contributed by atoms with Gasteiger partial charge >= 0.3 is 0 Å². The van der Waals surface area contributed by atoms with Crippen LogP contribution >= 0.6 is 11.3 Å². The van der Waals surface area contributed by atoms with E-state index in [-0.39, 0.29) is 0 Å². The monoisotopic (exact) mass is 253 g/mol. The van der Waals surface area contributed by atoms with E-state index in [0.717, 1.165) is 26.3 Å². The molecule has 0 aliphatic carbocycles. The van der Waals surface area contributed by atoms with Crippen LogP contribution in [0, 0.1) is 5.41 Å². The van der Waals surface area contributed by atoms with Gasteiger partial charge in [0.05, 0.1) is 0 Å². The SMILES string of the molecule is CCCNCC1(Cc2ccsc2)CCOCC1. The molecular weight excluding hydrogens is 230 g/mol. The molecule has 1 aliphatic heterocycles. The van der Waals surface area contributed by atoms with Crippen molar-refractivity contribution in [2.24, 2.45) is 5.41 Å². The number of ether oxygens (including phenoxy) is 1. The van der Waals surface area contributed by atoms with Crippen LogP contribution in [0.15, 0.2) is 16.8 Å². The summed E-state index contributed by atoms with van der Waals surface area (Å²) in [6, 6.07) is 2.27. The molecule has 3 heteroatoms. The summed E-state index contributed by atoms with van der Waals surface area (Å²) in [7, 11) is 0. The van der Waals surface area contributed by atoms with Crippen molar-refractivity contribution < 1.29 is 4.74 Å². The Labute approximate surface area is 108 Å². The van der Waals surface area contributed by atoms with E-state index >= 15 is 0 Å². The number of rotatable bonds is 6. The summed E-state index contributed by atoms with van der Waals surface area (Å²) >= 11 is 1.80. The number of hydrogen-bond acceptors (Lipinski definition) is 3. The van der Waals surface area contributed by atoms with Crippen molar-refractivity contribution >= 4 is 11.3 Å². The lowest BCUT2D eigenvalue weighted by Gasteiger charge is -2.37. The third kappa shape index (κ3) is 3.80. The summed E-state index contributed by atoms with van der Waals surface area (Å²) in [4.78, 5) is 0. The first-order valence-corrected chi connectivity index (χ1v) is 7.58. The fourth-order valence-electron chi connectivity index (χ4n) is 2.58. The van der Waals surface area contributed by atoms with E-state index in [1.54, 1.807) is 11.3 Å². The van der Waals surface area contributed by atoms with Gasteiger partial charge in [-0.3, -0.25) is 0 Å². The van der Waals surface area contributed by atoms with Crippen LogP contribution in [0.1, 0.15) is 31.7 Å². The smallest absolute Gasteiger partial charge is 0.0471 e. The number of hydrogen-bond donors (Lipinski definition) is 1. The average Bonchev–Trinajstić information content (AvgIpc) is 2.83. The van der Waals surface area contributed by atoms with E-state index in [9.17, 15) is 0 Å². The molecule has 96 valence electrons. The molecule has 2 rings (SSSR count). The molecule has 0 aromatic carbocycles. The van der Waals surface area contributed by atoms with Gasteiger partial charge in [-0.25, -0.2) is 0 Å². The first-order chi connectivity index (χ1) is 8.35. The summed E-state index contributed by atoms with van der Waals surface area (Å²) in [6.45, 7) is 6.35. The Morgan fingerprint density at radius 1 is 1.41 bits per heavy atom. The zero-order valence-corrected chi connectivity index (χ0v) is 11.5. The van der Waals surface area contributed by atoms with Crippen molar-refractivity contribution in [3.8, 4) is 0 Å². The second kappa shape index (κ2) is 6.53. The Balaban J connectivity index is 1.95. The maximum atomic E-state index is 5.53. The molecule has 1 N–H and O–H groups in total. The van der Waals surface area contributed by atoms with Crippen LogP contribution in [0.4, 0.5) is 0 Å². The van der Waals surface area contributed by atoms with Gasteiger partial charge in [0, 0.05) is 19.8 Å². The first-order valence-electron chi connectivity index (χ1n) is 6.64. The maximum Gasteiger partial charge on any atom is 0.0471 e. The van der Waals surface area contributed by atoms with E-state index in [0.29, 0.717) is 5.41 Å². The van der Waals surface area contributed by atoms with Gasteiger partial charge in [0.15, 0.2) is 0 Å². The van der Waals surface area contributed by atoms with Gasteiger partial charge < -0.3 is 10.1 Å². The summed E-state index contributed by atoms with van der Waals surface area (Å²) in [5.41, 5.74) is 1.92. The molecule has 0 atom stereocenters. The van der Waals surface area contributed by atoms with E-state index < -0.39 is 0 Å². The topological polar surface area (TPSA) is 21.3 Å². The van der Waals surface area contributed by atoms with Crippen molar-refractivity contribution in [2.45, 2.75) is 32.6 Å². The van der Waals surface area contributed by atoms with Gasteiger partial charge in [0.2, 0.25) is 0 Å². The molecule has 1 aliphatic rings. The van der Waals surface area contributed by atoms with Crippen LogP contribution in [-0.2, 0) is 11.2 Å². The van der Waals surface area contributed by atoms with E-state index in [4.69, 9.17) is 4.74 Å². The highest BCUT2D eigenvalue weighted by molar-refractivity contribution is 7.07. The van der Waals surface area contributed by atoms with Crippen LogP contribution in [0.5, 0.6) is 0 Å². The molecule has 1 fully saturated rings. The average molecular weight is 253 g/mol. The van der Waals surface area contributed by atoms with Gasteiger partial charge in [0.25, 0.3) is 0 Å². The summed E-state index contributed by atoms with van der Waals surface area (Å²) < 4.78 is 5.53. The number of nitrogens with one attached hydrogen (secondary N) is 1. The van der Waals surface area contributed by atoms with Crippen molar-refractivity contribution in [1.29, 1.82) is 0 Å². The molecule has 0 unspecified atom stereocenters. The molecule has 2 nitrogen and oxygen atoms in total. The molecule has 0 bridgehead atoms. The summed E-state index contributed by atoms with van der Waals surface area (Å²) in [5, 5.41) is 8.08. The predicted molar refractivity (Wildman–Crippen MR) is 73.7 cm³/mol. The molecule has 1 saturated heterocycles.